The lowest BCUT2D eigenvalue weighted by atomic mass is 9.94. The molecule has 0 aromatic heterocycles. The van der Waals surface area contributed by atoms with E-state index in [4.69, 9.17) is 0 Å². The molecule has 0 aromatic carbocycles. The fourth-order valence-electron chi connectivity index (χ4n) is 3.97. The second-order valence-corrected chi connectivity index (χ2v) is 6.63. The van der Waals surface area contributed by atoms with E-state index in [0.717, 1.165) is 30.9 Å². The Bertz CT molecular complexity index is 456. The summed E-state index contributed by atoms with van der Waals surface area (Å²) in [5, 5.41) is 3.62. The van der Waals surface area contributed by atoms with E-state index >= 15 is 0 Å². The Hall–Kier alpha value is -1.05. The smallest absolute Gasteiger partial charge is 0.157 e. The average molecular weight is 245 g/mol. The highest BCUT2D eigenvalue weighted by Gasteiger charge is 2.55. The van der Waals surface area contributed by atoms with E-state index in [-0.39, 0.29) is 5.78 Å². The number of rotatable bonds is 2. The van der Waals surface area contributed by atoms with Gasteiger partial charge in [0, 0.05) is 24.2 Å². The first-order chi connectivity index (χ1) is 8.50. The van der Waals surface area contributed by atoms with Gasteiger partial charge in [-0.2, -0.15) is 0 Å². The van der Waals surface area contributed by atoms with Crippen LogP contribution in [0.15, 0.2) is 22.9 Å². The first kappa shape index (κ1) is 12.0. The molecule has 0 aliphatic heterocycles. The van der Waals surface area contributed by atoms with Crippen molar-refractivity contribution in [2.45, 2.75) is 58.9 Å². The van der Waals surface area contributed by atoms with E-state index in [9.17, 15) is 4.79 Å². The Kier molecular flexibility index (Phi) is 2.65. The van der Waals surface area contributed by atoms with Crippen molar-refractivity contribution in [2.24, 2.45) is 11.3 Å². The molecular weight excluding hydrogens is 222 g/mol. The van der Waals surface area contributed by atoms with Gasteiger partial charge in [-0.1, -0.05) is 25.0 Å². The Labute approximate surface area is 110 Å². The minimum atomic E-state index is 0.287. The molecule has 0 aromatic rings. The van der Waals surface area contributed by atoms with Crippen molar-refractivity contribution in [3.63, 3.8) is 0 Å². The van der Waals surface area contributed by atoms with Crippen LogP contribution in [0, 0.1) is 11.3 Å². The van der Waals surface area contributed by atoms with Crippen molar-refractivity contribution in [3.05, 3.63) is 22.9 Å². The van der Waals surface area contributed by atoms with Crippen LogP contribution in [0.5, 0.6) is 0 Å². The third-order valence-corrected chi connectivity index (χ3v) is 5.09. The van der Waals surface area contributed by atoms with Crippen molar-refractivity contribution >= 4 is 5.78 Å². The van der Waals surface area contributed by atoms with Crippen LogP contribution in [-0.4, -0.2) is 11.8 Å². The predicted molar refractivity (Wildman–Crippen MR) is 73.1 cm³/mol. The molecular formula is C16H23NO. The van der Waals surface area contributed by atoms with Crippen LogP contribution < -0.4 is 5.32 Å². The fourth-order valence-corrected chi connectivity index (χ4v) is 3.97. The molecule has 0 radical (unpaired) electrons. The van der Waals surface area contributed by atoms with Crippen LogP contribution in [0.3, 0.4) is 0 Å². The number of carbonyl (C=O) groups is 1. The van der Waals surface area contributed by atoms with E-state index in [0.29, 0.717) is 11.5 Å². The van der Waals surface area contributed by atoms with Crippen molar-refractivity contribution in [1.29, 1.82) is 0 Å². The van der Waals surface area contributed by atoms with Crippen LogP contribution in [0.2, 0.25) is 0 Å². The molecule has 3 aliphatic rings. The highest BCUT2D eigenvalue weighted by molar-refractivity contribution is 5.91. The molecule has 0 heterocycles. The standard InChI is InChI=1S/C16H23NO/c1-10-14(8-7-13-15(10)16(13,2)3)17-11-5-4-6-12(18)9-11/h9,13-14,17H,4-8H2,1-3H3/t13-,14+/m0/s1. The van der Waals surface area contributed by atoms with E-state index in [1.54, 1.807) is 5.57 Å². The molecule has 0 saturated heterocycles. The summed E-state index contributed by atoms with van der Waals surface area (Å²) in [6.45, 7) is 7.00. The molecule has 2 heteroatoms. The summed E-state index contributed by atoms with van der Waals surface area (Å²) in [4.78, 5) is 11.4. The normalized spacial score (nSPS) is 33.9. The summed E-state index contributed by atoms with van der Waals surface area (Å²) in [7, 11) is 0. The van der Waals surface area contributed by atoms with Gasteiger partial charge in [0.05, 0.1) is 0 Å². The van der Waals surface area contributed by atoms with E-state index in [1.165, 1.54) is 18.4 Å². The van der Waals surface area contributed by atoms with Crippen molar-refractivity contribution in [2.75, 3.05) is 0 Å². The second-order valence-electron chi connectivity index (χ2n) is 6.63. The quantitative estimate of drug-likeness (QED) is 0.756. The zero-order valence-corrected chi connectivity index (χ0v) is 11.7. The van der Waals surface area contributed by atoms with Crippen molar-refractivity contribution in [3.8, 4) is 0 Å². The average Bonchev–Trinajstić information content (AvgIpc) is 2.86. The molecule has 0 bridgehead atoms. The largest absolute Gasteiger partial charge is 0.382 e. The number of hydrogen-bond donors (Lipinski definition) is 1. The summed E-state index contributed by atoms with van der Waals surface area (Å²) in [6, 6.07) is 0.468. The minimum Gasteiger partial charge on any atom is -0.382 e. The predicted octanol–water partition coefficient (Wildman–Crippen LogP) is 3.35. The first-order valence-corrected chi connectivity index (χ1v) is 7.21. The SMILES string of the molecule is CC1=C2[C@H](CC[C@H]1NC1=CC(=O)CCC1)C2(C)C. The number of nitrogens with one attached hydrogen (secondary N) is 1. The van der Waals surface area contributed by atoms with Gasteiger partial charge in [-0.05, 0) is 43.9 Å². The van der Waals surface area contributed by atoms with Crippen LogP contribution in [0.25, 0.3) is 0 Å². The van der Waals surface area contributed by atoms with Crippen molar-refractivity contribution < 1.29 is 4.79 Å². The second kappa shape index (κ2) is 3.97. The van der Waals surface area contributed by atoms with Gasteiger partial charge >= 0.3 is 0 Å². The molecule has 1 fully saturated rings. The number of fused-ring (bicyclic) bond motifs is 1. The van der Waals surface area contributed by atoms with Crippen molar-refractivity contribution in [1.82, 2.24) is 5.32 Å². The van der Waals surface area contributed by atoms with Gasteiger partial charge in [0.2, 0.25) is 0 Å². The van der Waals surface area contributed by atoms with Crippen LogP contribution in [0.1, 0.15) is 52.9 Å². The van der Waals surface area contributed by atoms with Crippen LogP contribution >= 0.6 is 0 Å². The highest BCUT2D eigenvalue weighted by Crippen LogP contribution is 2.63. The maximum atomic E-state index is 11.4. The maximum Gasteiger partial charge on any atom is 0.157 e. The lowest BCUT2D eigenvalue weighted by Crippen LogP contribution is -2.32. The molecule has 0 unspecified atom stereocenters. The minimum absolute atomic E-state index is 0.287. The summed E-state index contributed by atoms with van der Waals surface area (Å²) < 4.78 is 0. The van der Waals surface area contributed by atoms with Crippen LogP contribution in [-0.2, 0) is 4.79 Å². The third kappa shape index (κ3) is 1.82. The monoisotopic (exact) mass is 245 g/mol. The van der Waals surface area contributed by atoms with E-state index in [1.807, 2.05) is 6.08 Å². The maximum absolute atomic E-state index is 11.4. The molecule has 2 nitrogen and oxygen atoms in total. The zero-order chi connectivity index (χ0) is 12.9. The third-order valence-electron chi connectivity index (χ3n) is 5.09. The molecule has 1 N–H and O–H groups in total. The molecule has 3 rings (SSSR count). The zero-order valence-electron chi connectivity index (χ0n) is 11.7. The Morgan fingerprint density at radius 3 is 2.78 bits per heavy atom. The van der Waals surface area contributed by atoms with Gasteiger partial charge in [-0.15, -0.1) is 0 Å². The molecule has 0 spiro atoms. The fraction of sp³-hybridized carbons (Fsp3) is 0.688. The molecule has 98 valence electrons. The summed E-state index contributed by atoms with van der Waals surface area (Å²) in [6.07, 6.45) is 7.12. The van der Waals surface area contributed by atoms with Crippen LogP contribution in [0.4, 0.5) is 0 Å². The molecule has 2 atom stereocenters. The summed E-state index contributed by atoms with van der Waals surface area (Å²) in [5.41, 5.74) is 4.81. The Morgan fingerprint density at radius 2 is 2.06 bits per heavy atom. The number of ketones is 1. The summed E-state index contributed by atoms with van der Waals surface area (Å²) >= 11 is 0. The van der Waals surface area contributed by atoms with E-state index in [2.05, 4.69) is 26.1 Å². The van der Waals surface area contributed by atoms with Gasteiger partial charge in [0.25, 0.3) is 0 Å². The van der Waals surface area contributed by atoms with Gasteiger partial charge in [0.15, 0.2) is 5.78 Å². The first-order valence-electron chi connectivity index (χ1n) is 7.21. The number of hydrogen-bond acceptors (Lipinski definition) is 2. The molecule has 18 heavy (non-hydrogen) atoms. The molecule has 0 amide bonds. The lowest BCUT2D eigenvalue weighted by Gasteiger charge is -2.26. The number of carbonyl (C=O) groups excluding carboxylic acids is 1. The lowest BCUT2D eigenvalue weighted by molar-refractivity contribution is -0.115. The number of allylic oxidation sites excluding steroid dienone is 3. The Morgan fingerprint density at radius 1 is 1.28 bits per heavy atom. The van der Waals surface area contributed by atoms with Gasteiger partial charge in [0.1, 0.15) is 0 Å². The van der Waals surface area contributed by atoms with Gasteiger partial charge < -0.3 is 5.32 Å². The van der Waals surface area contributed by atoms with Gasteiger partial charge in [-0.3, -0.25) is 4.79 Å². The summed E-state index contributed by atoms with van der Waals surface area (Å²) in [5.74, 6) is 1.12. The topological polar surface area (TPSA) is 29.1 Å². The Balaban J connectivity index is 1.75. The highest BCUT2D eigenvalue weighted by atomic mass is 16.1. The van der Waals surface area contributed by atoms with Gasteiger partial charge in [-0.25, -0.2) is 0 Å². The van der Waals surface area contributed by atoms with E-state index < -0.39 is 0 Å². The molecule has 3 aliphatic carbocycles. The molecule has 1 saturated carbocycles.